The van der Waals surface area contributed by atoms with Gasteiger partial charge in [0.05, 0.1) is 29.3 Å². The molecule has 1 N–H and O–H groups in total. The molecule has 1 aromatic heterocycles. The minimum absolute atomic E-state index is 0.0275. The fraction of sp³-hybridized carbons (Fsp3) is 0.444. The summed E-state index contributed by atoms with van der Waals surface area (Å²) in [5.74, 6) is 0.405. The zero-order valence-corrected chi connectivity index (χ0v) is 15.9. The third-order valence-corrected chi connectivity index (χ3v) is 4.69. The molecule has 0 unspecified atom stereocenters. The minimum atomic E-state index is -0.0275. The lowest BCUT2D eigenvalue weighted by atomic mass is 10.1. The predicted octanol–water partition coefficient (Wildman–Crippen LogP) is 1.64. The van der Waals surface area contributed by atoms with Crippen molar-refractivity contribution in [3.05, 3.63) is 42.1 Å². The normalized spacial score (nSPS) is 15.3. The van der Waals surface area contributed by atoms with Gasteiger partial charge in [-0.2, -0.15) is 5.01 Å². The molecule has 0 amide bonds. The largest absolute Gasteiger partial charge is 0.313 e. The summed E-state index contributed by atoms with van der Waals surface area (Å²) in [4.78, 5) is 16.7. The van der Waals surface area contributed by atoms with E-state index in [9.17, 15) is 4.79 Å². The van der Waals surface area contributed by atoms with E-state index in [4.69, 9.17) is 16.7 Å². The standard InChI is InChI=1S/C18H23N5O2S/c1-14(2)21-8-10-22(11-9-21)23-13-17(25-20-23)19-18(26)12-16(24)15-6-4-3-5-7-15/h3-7,13-14H,8-12H2,1-2H3/p+1. The lowest BCUT2D eigenvalue weighted by molar-refractivity contribution is -0.759. The maximum atomic E-state index is 12.2. The van der Waals surface area contributed by atoms with Crippen LogP contribution in [-0.4, -0.2) is 53.2 Å². The van der Waals surface area contributed by atoms with Crippen molar-refractivity contribution in [1.29, 1.82) is 0 Å². The molecule has 0 atom stereocenters. The second kappa shape index (κ2) is 8.37. The van der Waals surface area contributed by atoms with Crippen molar-refractivity contribution in [2.45, 2.75) is 26.3 Å². The van der Waals surface area contributed by atoms with E-state index in [2.05, 4.69) is 34.3 Å². The van der Waals surface area contributed by atoms with Crippen LogP contribution < -0.4 is 15.1 Å². The Morgan fingerprint density at radius 1 is 1.27 bits per heavy atom. The van der Waals surface area contributed by atoms with Gasteiger partial charge in [0.2, 0.25) is 5.27 Å². The van der Waals surface area contributed by atoms with Gasteiger partial charge in [0.1, 0.15) is 0 Å². The van der Waals surface area contributed by atoms with E-state index in [-0.39, 0.29) is 12.2 Å². The van der Waals surface area contributed by atoms with Gasteiger partial charge >= 0.3 is 5.88 Å². The Hall–Kier alpha value is -2.32. The number of benzene rings is 1. The molecular weight excluding hydrogens is 350 g/mol. The smallest absolute Gasteiger partial charge is 0.304 e. The number of anilines is 1. The molecule has 0 radical (unpaired) electrons. The highest BCUT2D eigenvalue weighted by molar-refractivity contribution is 7.80. The molecule has 8 heteroatoms. The Morgan fingerprint density at radius 3 is 2.62 bits per heavy atom. The Balaban J connectivity index is 1.52. The predicted molar refractivity (Wildman–Crippen MR) is 103 cm³/mol. The molecule has 0 bridgehead atoms. The topological polar surface area (TPSA) is 65.5 Å². The van der Waals surface area contributed by atoms with E-state index < -0.39 is 0 Å². The van der Waals surface area contributed by atoms with Gasteiger partial charge in [-0.1, -0.05) is 42.5 Å². The van der Waals surface area contributed by atoms with Crippen LogP contribution in [0.15, 0.2) is 41.1 Å². The first-order valence-electron chi connectivity index (χ1n) is 8.79. The summed E-state index contributed by atoms with van der Waals surface area (Å²) in [5.41, 5.74) is 0.646. The minimum Gasteiger partial charge on any atom is -0.313 e. The van der Waals surface area contributed by atoms with Gasteiger partial charge in [-0.15, -0.1) is 0 Å². The average Bonchev–Trinajstić information content (AvgIpc) is 3.10. The fourth-order valence-corrected chi connectivity index (χ4v) is 3.14. The highest BCUT2D eigenvalue weighted by Crippen LogP contribution is 2.08. The maximum absolute atomic E-state index is 12.2. The molecule has 2 aromatic rings. The number of carbonyl (C=O) groups is 1. The van der Waals surface area contributed by atoms with Gasteiger partial charge in [-0.25, -0.2) is 0 Å². The fourth-order valence-electron chi connectivity index (χ4n) is 2.91. The number of thiocarbonyl (C=S) groups is 1. The Morgan fingerprint density at radius 2 is 1.96 bits per heavy atom. The Labute approximate surface area is 158 Å². The van der Waals surface area contributed by atoms with E-state index in [1.165, 1.54) is 0 Å². The zero-order chi connectivity index (χ0) is 18.5. The second-order valence-electron chi connectivity index (χ2n) is 6.58. The van der Waals surface area contributed by atoms with Crippen molar-refractivity contribution in [1.82, 2.24) is 10.2 Å². The van der Waals surface area contributed by atoms with Crippen LogP contribution >= 0.6 is 12.2 Å². The molecule has 2 heterocycles. The number of Topliss-reactive ketones (excluding diaryl/α,β-unsaturated/α-hetero) is 1. The van der Waals surface area contributed by atoms with Crippen LogP contribution in [0, 0.1) is 0 Å². The van der Waals surface area contributed by atoms with Gasteiger partial charge in [0, 0.05) is 24.7 Å². The number of carbonyl (C=O) groups excluding carboxylic acids is 1. The van der Waals surface area contributed by atoms with Crippen molar-refractivity contribution in [3.8, 4) is 0 Å². The maximum Gasteiger partial charge on any atom is 0.304 e. The van der Waals surface area contributed by atoms with E-state index in [0.29, 0.717) is 22.5 Å². The number of piperazine rings is 1. The van der Waals surface area contributed by atoms with Crippen molar-refractivity contribution >= 4 is 28.9 Å². The average molecular weight is 374 g/mol. The van der Waals surface area contributed by atoms with Crippen molar-refractivity contribution < 1.29 is 14.1 Å². The van der Waals surface area contributed by atoms with Crippen LogP contribution in [0.3, 0.4) is 0 Å². The van der Waals surface area contributed by atoms with Crippen LogP contribution in [0.1, 0.15) is 30.6 Å². The van der Waals surface area contributed by atoms with E-state index >= 15 is 0 Å². The molecule has 0 spiro atoms. The lowest BCUT2D eigenvalue weighted by Gasteiger charge is -2.32. The van der Waals surface area contributed by atoms with Crippen molar-refractivity contribution in [2.24, 2.45) is 0 Å². The SMILES string of the molecule is CC(C)N1CCN([n+]2cc(NC(=S)CC(=O)c3ccccc3)on2)CC1. The molecule has 138 valence electrons. The van der Waals surface area contributed by atoms with Crippen LogP contribution in [0.25, 0.3) is 0 Å². The quantitative estimate of drug-likeness (QED) is 0.468. The van der Waals surface area contributed by atoms with Crippen LogP contribution in [0.5, 0.6) is 0 Å². The first-order valence-corrected chi connectivity index (χ1v) is 9.20. The number of nitrogens with zero attached hydrogens (tertiary/aromatic N) is 4. The molecule has 1 aliphatic rings. The first kappa shape index (κ1) is 18.5. The molecule has 1 fully saturated rings. The van der Waals surface area contributed by atoms with E-state index in [1.54, 1.807) is 23.1 Å². The number of nitrogens with one attached hydrogen (secondary N) is 1. The highest BCUT2D eigenvalue weighted by atomic mass is 32.1. The third kappa shape index (κ3) is 4.64. The molecule has 1 aliphatic heterocycles. The lowest BCUT2D eigenvalue weighted by Crippen LogP contribution is -2.65. The monoisotopic (exact) mass is 374 g/mol. The molecule has 3 rings (SSSR count). The summed E-state index contributed by atoms with van der Waals surface area (Å²) < 4.78 is 5.30. The molecular formula is C18H24N5O2S+. The van der Waals surface area contributed by atoms with Crippen LogP contribution in [0.4, 0.5) is 5.88 Å². The number of hydrogen-bond donors (Lipinski definition) is 1. The molecule has 0 aliphatic carbocycles. The van der Waals surface area contributed by atoms with Crippen molar-refractivity contribution in [2.75, 3.05) is 36.5 Å². The Kier molecular flexibility index (Phi) is 5.95. The number of hydrogen-bond acceptors (Lipinski definition) is 6. The molecule has 7 nitrogen and oxygen atoms in total. The van der Waals surface area contributed by atoms with Gasteiger partial charge in [-0.05, 0) is 13.8 Å². The number of ketones is 1. The zero-order valence-electron chi connectivity index (χ0n) is 15.1. The van der Waals surface area contributed by atoms with Crippen LogP contribution in [-0.2, 0) is 0 Å². The van der Waals surface area contributed by atoms with Gasteiger partial charge < -0.3 is 5.32 Å². The summed E-state index contributed by atoms with van der Waals surface area (Å²) in [5, 5.41) is 9.11. The highest BCUT2D eigenvalue weighted by Gasteiger charge is 2.27. The third-order valence-electron chi connectivity index (χ3n) is 4.45. The van der Waals surface area contributed by atoms with E-state index in [1.807, 2.05) is 18.2 Å². The van der Waals surface area contributed by atoms with E-state index in [0.717, 1.165) is 26.2 Å². The molecule has 1 saturated heterocycles. The van der Waals surface area contributed by atoms with Gasteiger partial charge in [0.25, 0.3) is 6.20 Å². The number of aromatic nitrogens is 2. The Bertz CT molecular complexity index is 754. The summed E-state index contributed by atoms with van der Waals surface area (Å²) in [6, 6.07) is 9.66. The summed E-state index contributed by atoms with van der Waals surface area (Å²) >= 11 is 5.27. The molecule has 26 heavy (non-hydrogen) atoms. The van der Waals surface area contributed by atoms with Crippen LogP contribution in [0.2, 0.25) is 0 Å². The number of rotatable bonds is 6. The first-order chi connectivity index (χ1) is 12.5. The summed E-state index contributed by atoms with van der Waals surface area (Å²) in [6.07, 6.45) is 1.89. The van der Waals surface area contributed by atoms with Gasteiger partial charge in [0.15, 0.2) is 5.78 Å². The van der Waals surface area contributed by atoms with Crippen molar-refractivity contribution in [3.63, 3.8) is 0 Å². The molecule has 1 aromatic carbocycles. The second-order valence-corrected chi connectivity index (χ2v) is 7.08. The summed E-state index contributed by atoms with van der Waals surface area (Å²) in [7, 11) is 0. The van der Waals surface area contributed by atoms with Gasteiger partial charge in [-0.3, -0.25) is 14.2 Å². The summed E-state index contributed by atoms with van der Waals surface area (Å²) in [6.45, 7) is 8.16. The molecule has 0 saturated carbocycles.